The lowest BCUT2D eigenvalue weighted by Crippen LogP contribution is -2.18. The van der Waals surface area contributed by atoms with Gasteiger partial charge in [0.2, 0.25) is 0 Å². The summed E-state index contributed by atoms with van der Waals surface area (Å²) < 4.78 is 13.2. The third-order valence-electron chi connectivity index (χ3n) is 3.82. The van der Waals surface area contributed by atoms with Crippen LogP contribution in [0.5, 0.6) is 5.75 Å². The van der Waals surface area contributed by atoms with Gasteiger partial charge in [-0.15, -0.1) is 0 Å². The normalized spacial score (nSPS) is 10.5. The third kappa shape index (κ3) is 3.97. The molecule has 140 valence electrons. The molecule has 0 aliphatic rings. The molecule has 0 aliphatic carbocycles. The van der Waals surface area contributed by atoms with Crippen molar-refractivity contribution in [2.24, 2.45) is 7.05 Å². The van der Waals surface area contributed by atoms with E-state index >= 15 is 0 Å². The first kappa shape index (κ1) is 18.2. The van der Waals surface area contributed by atoms with E-state index in [-0.39, 0.29) is 18.1 Å². The first-order valence-electron chi connectivity index (χ1n) is 8.14. The summed E-state index contributed by atoms with van der Waals surface area (Å²) in [5.74, 6) is -0.349. The molecule has 9 nitrogen and oxygen atoms in total. The molecule has 3 rings (SSSR count). The van der Waals surface area contributed by atoms with E-state index in [4.69, 9.17) is 9.47 Å². The van der Waals surface area contributed by atoms with Gasteiger partial charge in [0.15, 0.2) is 18.1 Å². The van der Waals surface area contributed by atoms with Crippen molar-refractivity contribution in [1.29, 1.82) is 0 Å². The summed E-state index contributed by atoms with van der Waals surface area (Å²) in [5.41, 5.74) is 1.14. The minimum atomic E-state index is -0.588. The highest BCUT2D eigenvalue weighted by Gasteiger charge is 2.23. The molecular formula is C18H19N5O4. The van der Waals surface area contributed by atoms with Crippen LogP contribution < -0.4 is 10.1 Å². The number of nitrogens with one attached hydrogen (secondary N) is 1. The SMILES string of the molecule is COC(=O)c1c(NC(=O)c2ccn(COc3ccccc3)n2)c(C)nn1C. The molecule has 1 N–H and O–H groups in total. The van der Waals surface area contributed by atoms with Crippen LogP contribution in [0.1, 0.15) is 26.7 Å². The molecule has 3 aromatic rings. The molecule has 0 aliphatic heterocycles. The van der Waals surface area contributed by atoms with Crippen LogP contribution in [0.3, 0.4) is 0 Å². The maximum absolute atomic E-state index is 12.5. The maximum Gasteiger partial charge on any atom is 0.358 e. The van der Waals surface area contributed by atoms with E-state index in [2.05, 4.69) is 15.5 Å². The van der Waals surface area contributed by atoms with Crippen molar-refractivity contribution in [1.82, 2.24) is 19.6 Å². The van der Waals surface area contributed by atoms with E-state index in [0.717, 1.165) is 0 Å². The molecule has 0 fully saturated rings. The standard InChI is InChI=1S/C18H19N5O4/c1-12-15(16(18(25)26-3)22(2)20-12)19-17(24)14-9-10-23(21-14)11-27-13-7-5-4-6-8-13/h4-10H,11H2,1-3H3,(H,19,24). The molecule has 0 atom stereocenters. The van der Waals surface area contributed by atoms with Crippen LogP contribution in [0.2, 0.25) is 0 Å². The van der Waals surface area contributed by atoms with Crippen molar-refractivity contribution in [2.75, 3.05) is 12.4 Å². The average molecular weight is 369 g/mol. The van der Waals surface area contributed by atoms with Crippen LogP contribution in [0.25, 0.3) is 0 Å². The Balaban J connectivity index is 1.71. The minimum Gasteiger partial charge on any atom is -0.471 e. The van der Waals surface area contributed by atoms with Gasteiger partial charge in [0.05, 0.1) is 18.5 Å². The second-order valence-corrected chi connectivity index (χ2v) is 5.71. The Morgan fingerprint density at radius 2 is 1.89 bits per heavy atom. The number of rotatable bonds is 6. The lowest BCUT2D eigenvalue weighted by Gasteiger charge is -2.06. The van der Waals surface area contributed by atoms with E-state index in [0.29, 0.717) is 17.1 Å². The van der Waals surface area contributed by atoms with Crippen LogP contribution in [0, 0.1) is 6.92 Å². The first-order chi connectivity index (χ1) is 13.0. The smallest absolute Gasteiger partial charge is 0.358 e. The molecule has 0 bridgehead atoms. The number of para-hydroxylation sites is 1. The van der Waals surface area contributed by atoms with Gasteiger partial charge in [0.25, 0.3) is 5.91 Å². The zero-order chi connectivity index (χ0) is 19.4. The van der Waals surface area contributed by atoms with Crippen molar-refractivity contribution >= 4 is 17.6 Å². The lowest BCUT2D eigenvalue weighted by molar-refractivity contribution is 0.0589. The molecule has 2 heterocycles. The second kappa shape index (κ2) is 7.73. The summed E-state index contributed by atoms with van der Waals surface area (Å²) in [5, 5.41) is 11.0. The van der Waals surface area contributed by atoms with Gasteiger partial charge in [-0.2, -0.15) is 10.2 Å². The number of nitrogens with zero attached hydrogens (tertiary/aromatic N) is 4. The molecule has 0 spiro atoms. The van der Waals surface area contributed by atoms with E-state index in [9.17, 15) is 9.59 Å². The van der Waals surface area contributed by atoms with E-state index in [1.807, 2.05) is 30.3 Å². The predicted molar refractivity (Wildman–Crippen MR) is 96.5 cm³/mol. The summed E-state index contributed by atoms with van der Waals surface area (Å²) in [6.07, 6.45) is 1.63. The van der Waals surface area contributed by atoms with Crippen LogP contribution in [-0.2, 0) is 18.5 Å². The molecule has 2 aromatic heterocycles. The van der Waals surface area contributed by atoms with E-state index in [1.165, 1.54) is 16.5 Å². The average Bonchev–Trinajstić information content (AvgIpc) is 3.25. The molecule has 0 saturated heterocycles. The van der Waals surface area contributed by atoms with Crippen LogP contribution in [0.15, 0.2) is 42.6 Å². The van der Waals surface area contributed by atoms with Gasteiger partial charge in [0.1, 0.15) is 5.75 Å². The van der Waals surface area contributed by atoms with Crippen molar-refractivity contribution in [2.45, 2.75) is 13.7 Å². The molecule has 1 amide bonds. The number of carbonyl (C=O) groups is 2. The van der Waals surface area contributed by atoms with Crippen molar-refractivity contribution in [3.63, 3.8) is 0 Å². The number of ether oxygens (including phenoxy) is 2. The van der Waals surface area contributed by atoms with Gasteiger partial charge < -0.3 is 14.8 Å². The van der Waals surface area contributed by atoms with Gasteiger partial charge in [-0.25, -0.2) is 9.48 Å². The summed E-state index contributed by atoms with van der Waals surface area (Å²) >= 11 is 0. The summed E-state index contributed by atoms with van der Waals surface area (Å²) in [4.78, 5) is 24.4. The Morgan fingerprint density at radius 3 is 2.59 bits per heavy atom. The van der Waals surface area contributed by atoms with Crippen LogP contribution in [-0.4, -0.2) is 38.5 Å². The highest BCUT2D eigenvalue weighted by Crippen LogP contribution is 2.21. The molecular weight excluding hydrogens is 350 g/mol. The fourth-order valence-corrected chi connectivity index (χ4v) is 2.53. The van der Waals surface area contributed by atoms with E-state index < -0.39 is 11.9 Å². The van der Waals surface area contributed by atoms with Crippen LogP contribution >= 0.6 is 0 Å². The van der Waals surface area contributed by atoms with Gasteiger partial charge in [-0.3, -0.25) is 9.48 Å². The maximum atomic E-state index is 12.5. The topological polar surface area (TPSA) is 100 Å². The summed E-state index contributed by atoms with van der Waals surface area (Å²) in [7, 11) is 2.87. The number of anilines is 1. The third-order valence-corrected chi connectivity index (χ3v) is 3.82. The Bertz CT molecular complexity index is 962. The van der Waals surface area contributed by atoms with Gasteiger partial charge >= 0.3 is 5.97 Å². The van der Waals surface area contributed by atoms with Gasteiger partial charge in [-0.05, 0) is 25.1 Å². The number of hydrogen-bond acceptors (Lipinski definition) is 6. The fraction of sp³-hybridized carbons (Fsp3) is 0.222. The summed E-state index contributed by atoms with van der Waals surface area (Å²) in [6.45, 7) is 1.85. The number of hydrogen-bond donors (Lipinski definition) is 1. The van der Waals surface area contributed by atoms with Crippen LogP contribution in [0.4, 0.5) is 5.69 Å². The van der Waals surface area contributed by atoms with Gasteiger partial charge in [0, 0.05) is 13.2 Å². The lowest BCUT2D eigenvalue weighted by atomic mass is 10.2. The molecule has 0 unspecified atom stereocenters. The van der Waals surface area contributed by atoms with E-state index in [1.54, 1.807) is 26.2 Å². The number of carbonyl (C=O) groups excluding carboxylic acids is 2. The predicted octanol–water partition coefficient (Wildman–Crippen LogP) is 2.00. The number of aryl methyl sites for hydroxylation is 2. The number of amides is 1. The Labute approximate surface area is 155 Å². The van der Waals surface area contributed by atoms with Gasteiger partial charge in [-0.1, -0.05) is 18.2 Å². The summed E-state index contributed by atoms with van der Waals surface area (Å²) in [6, 6.07) is 10.9. The zero-order valence-corrected chi connectivity index (χ0v) is 15.2. The Kier molecular flexibility index (Phi) is 5.20. The molecule has 9 heteroatoms. The van der Waals surface area contributed by atoms with Crippen molar-refractivity contribution in [3.8, 4) is 5.75 Å². The minimum absolute atomic E-state index is 0.162. The number of esters is 1. The number of aromatic nitrogens is 4. The number of methoxy groups -OCH3 is 1. The number of benzene rings is 1. The quantitative estimate of drug-likeness (QED) is 0.667. The van der Waals surface area contributed by atoms with Crippen molar-refractivity contribution in [3.05, 3.63) is 59.7 Å². The highest BCUT2D eigenvalue weighted by molar-refractivity contribution is 6.07. The molecule has 0 radical (unpaired) electrons. The Hall–Kier alpha value is -3.62. The molecule has 1 aromatic carbocycles. The first-order valence-corrected chi connectivity index (χ1v) is 8.14. The largest absolute Gasteiger partial charge is 0.471 e. The monoisotopic (exact) mass is 369 g/mol. The zero-order valence-electron chi connectivity index (χ0n) is 15.2. The Morgan fingerprint density at radius 1 is 1.15 bits per heavy atom. The van der Waals surface area contributed by atoms with Crippen molar-refractivity contribution < 1.29 is 19.1 Å². The highest BCUT2D eigenvalue weighted by atomic mass is 16.5. The fourth-order valence-electron chi connectivity index (χ4n) is 2.53. The second-order valence-electron chi connectivity index (χ2n) is 5.71. The molecule has 0 saturated carbocycles. The molecule has 27 heavy (non-hydrogen) atoms.